The van der Waals surface area contributed by atoms with Crippen LogP contribution in [-0.4, -0.2) is 11.1 Å². The van der Waals surface area contributed by atoms with Crippen molar-refractivity contribution in [2.45, 2.75) is 0 Å². The first-order valence-electron chi connectivity index (χ1n) is 5.38. The summed E-state index contributed by atoms with van der Waals surface area (Å²) in [5, 5.41) is 15.0. The maximum absolute atomic E-state index is 11.8. The molecule has 19 heavy (non-hydrogen) atoms. The van der Waals surface area contributed by atoms with Gasteiger partial charge in [0.2, 0.25) is 0 Å². The fraction of sp³-hybridized carbons (Fsp3) is 0. The number of benzene rings is 2. The topological polar surface area (TPSA) is 61.4 Å². The molecule has 0 aliphatic carbocycles. The van der Waals surface area contributed by atoms with Gasteiger partial charge in [-0.05, 0) is 40.2 Å². The average Bonchev–Trinajstić information content (AvgIpc) is 2.38. The highest BCUT2D eigenvalue weighted by Gasteiger charge is 2.09. The van der Waals surface area contributed by atoms with Crippen LogP contribution in [0.4, 0.5) is 16.2 Å². The zero-order valence-corrected chi connectivity index (χ0v) is 12.0. The quantitative estimate of drug-likeness (QED) is 0.707. The van der Waals surface area contributed by atoms with Gasteiger partial charge in [0.25, 0.3) is 0 Å². The van der Waals surface area contributed by atoms with Gasteiger partial charge >= 0.3 is 6.03 Å². The predicted octanol–water partition coefficient (Wildman–Crippen LogP) is 4.45. The zero-order chi connectivity index (χ0) is 13.8. The molecule has 0 aromatic heterocycles. The molecular formula is C13H10BrClN2O2. The lowest BCUT2D eigenvalue weighted by atomic mass is 10.3. The molecule has 0 unspecified atom stereocenters. The number of carbonyl (C=O) groups is 1. The molecular weight excluding hydrogens is 332 g/mol. The van der Waals surface area contributed by atoms with Crippen molar-refractivity contribution in [1.82, 2.24) is 0 Å². The lowest BCUT2D eigenvalue weighted by Gasteiger charge is -2.10. The summed E-state index contributed by atoms with van der Waals surface area (Å²) in [5.74, 6) is -0.161. The van der Waals surface area contributed by atoms with Crippen LogP contribution in [0.5, 0.6) is 5.75 Å². The van der Waals surface area contributed by atoms with Crippen LogP contribution < -0.4 is 10.6 Å². The normalized spacial score (nSPS) is 10.0. The number of rotatable bonds is 2. The first-order valence-corrected chi connectivity index (χ1v) is 6.55. The molecule has 0 spiro atoms. The van der Waals surface area contributed by atoms with Gasteiger partial charge in [0, 0.05) is 4.47 Å². The Morgan fingerprint density at radius 3 is 2.42 bits per heavy atom. The fourth-order valence-corrected chi connectivity index (χ4v) is 2.01. The molecule has 2 amide bonds. The van der Waals surface area contributed by atoms with Crippen molar-refractivity contribution >= 4 is 44.9 Å². The van der Waals surface area contributed by atoms with Crippen molar-refractivity contribution in [2.24, 2.45) is 0 Å². The minimum Gasteiger partial charge on any atom is -0.504 e. The number of phenolic OH excluding ortho intramolecular Hbond substituents is 1. The highest BCUT2D eigenvalue weighted by molar-refractivity contribution is 9.10. The van der Waals surface area contributed by atoms with E-state index in [9.17, 15) is 9.90 Å². The maximum atomic E-state index is 11.8. The zero-order valence-electron chi connectivity index (χ0n) is 9.65. The maximum Gasteiger partial charge on any atom is 0.323 e. The van der Waals surface area contributed by atoms with E-state index in [4.69, 9.17) is 11.6 Å². The number of hydrogen-bond donors (Lipinski definition) is 3. The lowest BCUT2D eigenvalue weighted by Crippen LogP contribution is -2.19. The molecule has 2 rings (SSSR count). The van der Waals surface area contributed by atoms with Crippen LogP contribution in [0.2, 0.25) is 5.02 Å². The van der Waals surface area contributed by atoms with Gasteiger partial charge in [-0.15, -0.1) is 0 Å². The smallest absolute Gasteiger partial charge is 0.323 e. The Hall–Kier alpha value is -1.72. The number of halogens is 2. The minimum absolute atomic E-state index is 0.161. The summed E-state index contributed by atoms with van der Waals surface area (Å²) in [6.07, 6.45) is 0. The molecule has 0 radical (unpaired) electrons. The van der Waals surface area contributed by atoms with Gasteiger partial charge in [-0.25, -0.2) is 4.79 Å². The highest BCUT2D eigenvalue weighted by atomic mass is 79.9. The summed E-state index contributed by atoms with van der Waals surface area (Å²) < 4.78 is 0.764. The molecule has 2 aromatic carbocycles. The Bertz CT molecular complexity index is 619. The first-order chi connectivity index (χ1) is 9.08. The molecule has 0 fully saturated rings. The summed E-state index contributed by atoms with van der Waals surface area (Å²) >= 11 is 9.08. The largest absolute Gasteiger partial charge is 0.504 e. The van der Waals surface area contributed by atoms with Crippen molar-refractivity contribution in [1.29, 1.82) is 0 Å². The molecule has 4 nitrogen and oxygen atoms in total. The Morgan fingerprint density at radius 1 is 1.05 bits per heavy atom. The molecule has 0 atom stereocenters. The molecule has 98 valence electrons. The molecule has 0 saturated carbocycles. The van der Waals surface area contributed by atoms with Gasteiger partial charge in [0.05, 0.1) is 16.4 Å². The first kappa shape index (κ1) is 13.7. The van der Waals surface area contributed by atoms with Gasteiger partial charge in [-0.3, -0.25) is 0 Å². The fourth-order valence-electron chi connectivity index (χ4n) is 1.45. The van der Waals surface area contributed by atoms with Crippen molar-refractivity contribution in [2.75, 3.05) is 10.6 Å². The van der Waals surface area contributed by atoms with E-state index in [0.29, 0.717) is 5.69 Å². The van der Waals surface area contributed by atoms with Crippen LogP contribution in [0.25, 0.3) is 0 Å². The Morgan fingerprint density at radius 2 is 1.68 bits per heavy atom. The van der Waals surface area contributed by atoms with E-state index in [0.717, 1.165) is 4.47 Å². The molecule has 2 aromatic rings. The summed E-state index contributed by atoms with van der Waals surface area (Å²) in [5.41, 5.74) is 0.874. The van der Waals surface area contributed by atoms with Gasteiger partial charge in [-0.1, -0.05) is 29.8 Å². The number of urea groups is 1. The molecule has 6 heteroatoms. The van der Waals surface area contributed by atoms with Crippen LogP contribution in [0, 0.1) is 0 Å². The molecule has 0 aliphatic heterocycles. The van der Waals surface area contributed by atoms with Crippen LogP contribution in [-0.2, 0) is 0 Å². The van der Waals surface area contributed by atoms with Crippen LogP contribution in [0.3, 0.4) is 0 Å². The number of anilines is 2. The molecule has 3 N–H and O–H groups in total. The minimum atomic E-state index is -0.468. The Kier molecular flexibility index (Phi) is 4.29. The van der Waals surface area contributed by atoms with E-state index >= 15 is 0 Å². The number of para-hydroxylation sites is 2. The van der Waals surface area contributed by atoms with Crippen LogP contribution >= 0.6 is 27.5 Å². The molecule has 0 aliphatic rings. The summed E-state index contributed by atoms with van der Waals surface area (Å²) in [6, 6.07) is 11.5. The third-order valence-electron chi connectivity index (χ3n) is 2.36. The van der Waals surface area contributed by atoms with Gasteiger partial charge < -0.3 is 15.7 Å². The monoisotopic (exact) mass is 340 g/mol. The summed E-state index contributed by atoms with van der Waals surface area (Å²) in [6.45, 7) is 0. The van der Waals surface area contributed by atoms with Crippen molar-refractivity contribution in [3.8, 4) is 5.75 Å². The van der Waals surface area contributed by atoms with Gasteiger partial charge in [-0.2, -0.15) is 0 Å². The second-order valence-corrected chi connectivity index (χ2v) is 4.96. The number of hydrogen-bond acceptors (Lipinski definition) is 2. The highest BCUT2D eigenvalue weighted by Crippen LogP contribution is 2.31. The van der Waals surface area contributed by atoms with Crippen molar-refractivity contribution in [3.05, 3.63) is 52.0 Å². The number of phenols is 1. The van der Waals surface area contributed by atoms with Gasteiger partial charge in [0.15, 0.2) is 5.75 Å². The second kappa shape index (κ2) is 5.95. The predicted molar refractivity (Wildman–Crippen MR) is 79.9 cm³/mol. The van der Waals surface area contributed by atoms with Gasteiger partial charge in [0.1, 0.15) is 0 Å². The Balaban J connectivity index is 2.10. The summed E-state index contributed by atoms with van der Waals surface area (Å²) in [4.78, 5) is 11.8. The number of aromatic hydroxyl groups is 1. The van der Waals surface area contributed by atoms with E-state index in [1.54, 1.807) is 24.3 Å². The number of nitrogens with one attached hydrogen (secondary N) is 2. The van der Waals surface area contributed by atoms with Crippen LogP contribution in [0.1, 0.15) is 0 Å². The third kappa shape index (κ3) is 3.39. The van der Waals surface area contributed by atoms with Crippen LogP contribution in [0.15, 0.2) is 46.9 Å². The van der Waals surface area contributed by atoms with Crippen molar-refractivity contribution in [3.63, 3.8) is 0 Å². The molecule has 0 heterocycles. The Labute approximate surface area is 123 Å². The number of carbonyl (C=O) groups excluding carboxylic acids is 1. The standard InChI is InChI=1S/C13H10BrClN2O2/c14-8-4-1-2-6-10(8)16-13(19)17-11-7-3-5-9(15)12(11)18/h1-7,18H,(H2,16,17,19). The second-order valence-electron chi connectivity index (χ2n) is 3.69. The van der Waals surface area contributed by atoms with E-state index in [2.05, 4.69) is 26.6 Å². The van der Waals surface area contributed by atoms with Crippen molar-refractivity contribution < 1.29 is 9.90 Å². The number of amides is 2. The third-order valence-corrected chi connectivity index (χ3v) is 3.35. The SMILES string of the molecule is O=C(Nc1ccccc1Br)Nc1cccc(Cl)c1O. The van der Waals surface area contributed by atoms with E-state index in [-0.39, 0.29) is 16.5 Å². The van der Waals surface area contributed by atoms with E-state index in [1.807, 2.05) is 12.1 Å². The van der Waals surface area contributed by atoms with E-state index in [1.165, 1.54) is 6.07 Å². The average molecular weight is 342 g/mol. The molecule has 0 saturated heterocycles. The molecule has 0 bridgehead atoms. The lowest BCUT2D eigenvalue weighted by molar-refractivity contribution is 0.262. The van der Waals surface area contributed by atoms with E-state index < -0.39 is 6.03 Å². The summed E-state index contributed by atoms with van der Waals surface area (Å²) in [7, 11) is 0.